The van der Waals surface area contributed by atoms with Gasteiger partial charge in [0, 0.05) is 6.42 Å². The molecule has 0 aliphatic carbocycles. The SMILES string of the molecule is CCC(=O)C(=O)C(C)O[Si]. The zero-order valence-electron chi connectivity index (χ0n) is 6.01. The molecule has 55 valence electrons. The van der Waals surface area contributed by atoms with Crippen molar-refractivity contribution in [2.75, 3.05) is 0 Å². The van der Waals surface area contributed by atoms with Crippen LogP contribution in [-0.4, -0.2) is 28.2 Å². The Morgan fingerprint density at radius 3 is 2.40 bits per heavy atom. The van der Waals surface area contributed by atoms with Crippen molar-refractivity contribution in [3.8, 4) is 0 Å². The van der Waals surface area contributed by atoms with Gasteiger partial charge in [-0.25, -0.2) is 0 Å². The first kappa shape index (κ1) is 9.52. The molecule has 0 saturated heterocycles. The lowest BCUT2D eigenvalue weighted by Gasteiger charge is -2.04. The minimum Gasteiger partial charge on any atom is -0.409 e. The summed E-state index contributed by atoms with van der Waals surface area (Å²) >= 11 is 0. The fraction of sp³-hybridized carbons (Fsp3) is 0.667. The summed E-state index contributed by atoms with van der Waals surface area (Å²) < 4.78 is 4.47. The fourth-order valence-electron chi connectivity index (χ4n) is 0.454. The van der Waals surface area contributed by atoms with E-state index < -0.39 is 17.7 Å². The maximum atomic E-state index is 10.8. The van der Waals surface area contributed by atoms with E-state index in [9.17, 15) is 9.59 Å². The summed E-state index contributed by atoms with van der Waals surface area (Å²) in [6.07, 6.45) is -0.442. The van der Waals surface area contributed by atoms with Gasteiger partial charge in [0.1, 0.15) is 6.10 Å². The van der Waals surface area contributed by atoms with Crippen LogP contribution >= 0.6 is 0 Å². The van der Waals surface area contributed by atoms with Crippen molar-refractivity contribution in [3.63, 3.8) is 0 Å². The number of Topliss-reactive ketones (excluding diaryl/α,β-unsaturated/α-hetero) is 2. The van der Waals surface area contributed by atoms with E-state index in [4.69, 9.17) is 0 Å². The van der Waals surface area contributed by atoms with Gasteiger partial charge in [-0.2, -0.15) is 0 Å². The molecule has 1 atom stereocenters. The van der Waals surface area contributed by atoms with Gasteiger partial charge in [-0.3, -0.25) is 9.59 Å². The molecule has 0 aromatic heterocycles. The van der Waals surface area contributed by atoms with E-state index in [-0.39, 0.29) is 6.42 Å². The van der Waals surface area contributed by atoms with Crippen LogP contribution in [0.15, 0.2) is 0 Å². The van der Waals surface area contributed by atoms with E-state index in [0.717, 1.165) is 0 Å². The summed E-state index contributed by atoms with van der Waals surface area (Å²) in [7, 11) is 2.69. The number of rotatable bonds is 4. The number of hydrogen-bond acceptors (Lipinski definition) is 3. The van der Waals surface area contributed by atoms with Crippen LogP contribution in [0.2, 0.25) is 0 Å². The van der Waals surface area contributed by atoms with Gasteiger partial charge >= 0.3 is 0 Å². The topological polar surface area (TPSA) is 43.4 Å². The molecule has 0 aromatic rings. The molecule has 4 heteroatoms. The molecule has 0 rings (SSSR count). The number of ketones is 2. The predicted molar refractivity (Wildman–Crippen MR) is 36.6 cm³/mol. The zero-order valence-corrected chi connectivity index (χ0v) is 7.01. The Hall–Kier alpha value is -0.483. The van der Waals surface area contributed by atoms with Gasteiger partial charge in [-0.05, 0) is 6.92 Å². The third-order valence-electron chi connectivity index (χ3n) is 1.14. The molecule has 0 fully saturated rings. The Morgan fingerprint density at radius 1 is 1.60 bits per heavy atom. The monoisotopic (exact) mass is 157 g/mol. The Morgan fingerprint density at radius 2 is 2.10 bits per heavy atom. The van der Waals surface area contributed by atoms with Crippen LogP contribution in [0, 0.1) is 0 Å². The van der Waals surface area contributed by atoms with Gasteiger partial charge in [0.25, 0.3) is 0 Å². The first-order chi connectivity index (χ1) is 4.63. The van der Waals surface area contributed by atoms with Crippen molar-refractivity contribution >= 4 is 22.1 Å². The third kappa shape index (κ3) is 2.41. The molecule has 0 amide bonds. The first-order valence-corrected chi connectivity index (χ1v) is 3.43. The van der Waals surface area contributed by atoms with E-state index in [2.05, 4.69) is 14.9 Å². The summed E-state index contributed by atoms with van der Waals surface area (Å²) in [6.45, 7) is 3.16. The molecule has 0 heterocycles. The van der Waals surface area contributed by atoms with Crippen LogP contribution in [-0.2, 0) is 14.0 Å². The molecule has 0 spiro atoms. The van der Waals surface area contributed by atoms with E-state index >= 15 is 0 Å². The van der Waals surface area contributed by atoms with E-state index in [1.165, 1.54) is 6.92 Å². The van der Waals surface area contributed by atoms with Gasteiger partial charge in [-0.1, -0.05) is 6.92 Å². The van der Waals surface area contributed by atoms with Crippen LogP contribution in [0.3, 0.4) is 0 Å². The number of carbonyl (C=O) groups is 2. The maximum Gasteiger partial charge on any atom is 0.247 e. The molecule has 3 radical (unpaired) electrons. The molecule has 10 heavy (non-hydrogen) atoms. The summed E-state index contributed by atoms with van der Waals surface area (Å²) in [6, 6.07) is 0. The van der Waals surface area contributed by atoms with Crippen molar-refractivity contribution in [2.24, 2.45) is 0 Å². The van der Waals surface area contributed by atoms with Gasteiger partial charge in [-0.15, -0.1) is 0 Å². The van der Waals surface area contributed by atoms with Crippen LogP contribution < -0.4 is 0 Å². The molecule has 0 aliphatic rings. The second-order valence-electron chi connectivity index (χ2n) is 1.90. The highest BCUT2D eigenvalue weighted by atomic mass is 28.2. The molecule has 0 aromatic carbocycles. The Labute approximate surface area is 63.3 Å². The molecule has 0 aliphatic heterocycles. The van der Waals surface area contributed by atoms with Crippen molar-refractivity contribution < 1.29 is 14.0 Å². The highest BCUT2D eigenvalue weighted by Crippen LogP contribution is 1.93. The van der Waals surface area contributed by atoms with Crippen LogP contribution in [0.25, 0.3) is 0 Å². The van der Waals surface area contributed by atoms with Crippen LogP contribution in [0.4, 0.5) is 0 Å². The normalized spacial score (nSPS) is 12.7. The van der Waals surface area contributed by atoms with E-state index in [0.29, 0.717) is 0 Å². The quantitative estimate of drug-likeness (QED) is 0.427. The second-order valence-corrected chi connectivity index (χ2v) is 2.14. The number of carbonyl (C=O) groups excluding carboxylic acids is 2. The second kappa shape index (κ2) is 4.35. The standard InChI is InChI=1S/C6H9O3Si/c1-3-5(7)6(8)4(2)9-10/h4H,3H2,1-2H3. The fourth-order valence-corrected chi connectivity index (χ4v) is 0.561. The average Bonchev–Trinajstić information content (AvgIpc) is 2.00. The van der Waals surface area contributed by atoms with Crippen molar-refractivity contribution in [1.29, 1.82) is 0 Å². The Bertz CT molecular complexity index is 144. The van der Waals surface area contributed by atoms with E-state index in [1.54, 1.807) is 6.92 Å². The van der Waals surface area contributed by atoms with Crippen molar-refractivity contribution in [1.82, 2.24) is 0 Å². The number of hydrogen-bond donors (Lipinski definition) is 0. The molecule has 3 nitrogen and oxygen atoms in total. The summed E-state index contributed by atoms with van der Waals surface area (Å²) in [5, 5.41) is 0. The Kier molecular flexibility index (Phi) is 4.14. The summed E-state index contributed by atoms with van der Waals surface area (Å²) in [5.41, 5.74) is 0. The smallest absolute Gasteiger partial charge is 0.247 e. The van der Waals surface area contributed by atoms with Gasteiger partial charge in [0.2, 0.25) is 22.1 Å². The molecule has 0 N–H and O–H groups in total. The van der Waals surface area contributed by atoms with Gasteiger partial charge < -0.3 is 4.43 Å². The molecule has 0 bridgehead atoms. The average molecular weight is 157 g/mol. The van der Waals surface area contributed by atoms with Crippen molar-refractivity contribution in [2.45, 2.75) is 26.4 Å². The van der Waals surface area contributed by atoms with Gasteiger partial charge in [0.05, 0.1) is 0 Å². The van der Waals surface area contributed by atoms with Crippen molar-refractivity contribution in [3.05, 3.63) is 0 Å². The minimum absolute atomic E-state index is 0.235. The highest BCUT2D eigenvalue weighted by molar-refractivity contribution is 6.39. The Balaban J connectivity index is 3.95. The lowest BCUT2D eigenvalue weighted by Crippen LogP contribution is -2.27. The van der Waals surface area contributed by atoms with Gasteiger partial charge in [0.15, 0.2) is 0 Å². The van der Waals surface area contributed by atoms with E-state index in [1.807, 2.05) is 0 Å². The lowest BCUT2D eigenvalue weighted by molar-refractivity contribution is -0.140. The third-order valence-corrected chi connectivity index (χ3v) is 1.50. The minimum atomic E-state index is -0.677. The first-order valence-electron chi connectivity index (χ1n) is 3.02. The van der Waals surface area contributed by atoms with Crippen LogP contribution in [0.1, 0.15) is 20.3 Å². The molecular weight excluding hydrogens is 148 g/mol. The summed E-state index contributed by atoms with van der Waals surface area (Å²) in [5.74, 6) is -0.886. The molecule has 0 saturated carbocycles. The predicted octanol–water partition coefficient (Wildman–Crippen LogP) is 0.0232. The lowest BCUT2D eigenvalue weighted by atomic mass is 10.1. The molecule has 1 unspecified atom stereocenters. The summed E-state index contributed by atoms with van der Waals surface area (Å²) in [4.78, 5) is 21.5. The zero-order chi connectivity index (χ0) is 8.15. The molecular formula is C6H9O3Si. The largest absolute Gasteiger partial charge is 0.409 e. The van der Waals surface area contributed by atoms with Crippen LogP contribution in [0.5, 0.6) is 0 Å². The maximum absolute atomic E-state index is 10.8. The highest BCUT2D eigenvalue weighted by Gasteiger charge is 2.17.